The Balaban J connectivity index is 1.54. The predicted molar refractivity (Wildman–Crippen MR) is 133 cm³/mol. The number of halogens is 1. The third kappa shape index (κ3) is 4.85. The van der Waals surface area contributed by atoms with Crippen LogP contribution < -0.4 is 20.8 Å². The van der Waals surface area contributed by atoms with Crippen LogP contribution in [0, 0.1) is 6.92 Å². The van der Waals surface area contributed by atoms with Gasteiger partial charge in [-0.3, -0.25) is 9.89 Å². The monoisotopic (exact) mass is 505 g/mol. The molecule has 4 N–H and O–H groups in total. The average molecular weight is 506 g/mol. The summed E-state index contributed by atoms with van der Waals surface area (Å²) in [6, 6.07) is 9.29. The van der Waals surface area contributed by atoms with E-state index in [1.165, 1.54) is 6.08 Å². The van der Waals surface area contributed by atoms with Crippen LogP contribution in [0.25, 0.3) is 22.2 Å². The molecule has 0 aliphatic carbocycles. The molecule has 4 rings (SSSR count). The minimum absolute atomic E-state index is 0.0209. The number of amides is 2. The van der Waals surface area contributed by atoms with Gasteiger partial charge in [-0.05, 0) is 49.2 Å². The van der Waals surface area contributed by atoms with E-state index >= 15 is 0 Å². The Kier molecular flexibility index (Phi) is 6.37. The van der Waals surface area contributed by atoms with Gasteiger partial charge in [0.2, 0.25) is 5.43 Å². The molecule has 3 aromatic rings. The number of hydrogen-bond acceptors (Lipinski definition) is 7. The van der Waals surface area contributed by atoms with Crippen LogP contribution in [-0.2, 0) is 10.0 Å². The molecule has 1 aliphatic rings. The number of aromatic amines is 1. The lowest BCUT2D eigenvalue weighted by molar-refractivity contribution is 0.256. The zero-order chi connectivity index (χ0) is 23.8. The Hall–Kier alpha value is -3.02. The summed E-state index contributed by atoms with van der Waals surface area (Å²) < 4.78 is 26.2. The summed E-state index contributed by atoms with van der Waals surface area (Å²) in [6.45, 7) is 1.77. The lowest BCUT2D eigenvalue weighted by atomic mass is 10.0. The number of rotatable bonds is 5. The van der Waals surface area contributed by atoms with Crippen LogP contribution in [0.15, 0.2) is 51.5 Å². The fraction of sp³-hybridized carbons (Fsp3) is 0.190. The zero-order valence-corrected chi connectivity index (χ0v) is 20.0. The van der Waals surface area contributed by atoms with Crippen molar-refractivity contribution < 1.29 is 13.2 Å². The lowest BCUT2D eigenvalue weighted by Crippen LogP contribution is -2.34. The number of carbonyl (C=O) groups excluding carboxylic acids is 1. The molecule has 1 aliphatic heterocycles. The van der Waals surface area contributed by atoms with E-state index in [2.05, 4.69) is 20.8 Å². The number of aryl methyl sites for hydroxylation is 1. The van der Waals surface area contributed by atoms with E-state index in [9.17, 15) is 18.0 Å². The molecule has 12 heteroatoms. The summed E-state index contributed by atoms with van der Waals surface area (Å²) in [4.78, 5) is 25.2. The van der Waals surface area contributed by atoms with Gasteiger partial charge >= 0.3 is 6.03 Å². The summed E-state index contributed by atoms with van der Waals surface area (Å²) in [7, 11) is -2.20. The molecule has 2 heterocycles. The van der Waals surface area contributed by atoms with Crippen molar-refractivity contribution in [1.29, 1.82) is 0 Å². The van der Waals surface area contributed by atoms with Crippen LogP contribution in [0.5, 0.6) is 0 Å². The summed E-state index contributed by atoms with van der Waals surface area (Å²) in [5.41, 5.74) is 3.12. The first-order chi connectivity index (χ1) is 15.7. The van der Waals surface area contributed by atoms with E-state index in [1.54, 1.807) is 50.4 Å². The predicted octanol–water partition coefficient (Wildman–Crippen LogP) is 3.93. The van der Waals surface area contributed by atoms with Gasteiger partial charge in [-0.15, -0.1) is 11.6 Å². The molecule has 1 unspecified atom stereocenters. The average Bonchev–Trinajstić information content (AvgIpc) is 3.21. The number of hydrogen-bond donors (Lipinski definition) is 4. The number of carbonyl (C=O) groups is 1. The summed E-state index contributed by atoms with van der Waals surface area (Å²) in [5.74, 6) is 0. The van der Waals surface area contributed by atoms with Gasteiger partial charge in [0.15, 0.2) is 0 Å². The molecule has 0 fully saturated rings. The molecular formula is C21H20ClN5O4S2. The second kappa shape index (κ2) is 9.08. The minimum Gasteiger partial charge on any atom is -0.388 e. The van der Waals surface area contributed by atoms with Crippen LogP contribution in [0.3, 0.4) is 0 Å². The number of sulfonamides is 1. The Morgan fingerprint density at radius 2 is 1.97 bits per heavy atom. The number of alkyl halides is 1. The molecule has 0 radical (unpaired) electrons. The topological polar surface area (TPSA) is 133 Å². The highest BCUT2D eigenvalue weighted by molar-refractivity contribution is 8.19. The second-order valence-electron chi connectivity index (χ2n) is 7.29. The van der Waals surface area contributed by atoms with Crippen molar-refractivity contribution in [2.75, 3.05) is 17.7 Å². The molecule has 0 saturated heterocycles. The van der Waals surface area contributed by atoms with E-state index < -0.39 is 16.1 Å². The second-order valence-corrected chi connectivity index (χ2v) is 11.2. The number of allylic oxidation sites excluding steroid dienone is 1. The van der Waals surface area contributed by atoms with Crippen LogP contribution in [0.1, 0.15) is 12.0 Å². The number of thioether (sulfide) groups is 1. The Labute approximate surface area is 199 Å². The van der Waals surface area contributed by atoms with E-state index in [-0.39, 0.29) is 20.1 Å². The molecule has 0 saturated carbocycles. The highest BCUT2D eigenvalue weighted by Crippen LogP contribution is 2.37. The van der Waals surface area contributed by atoms with Crippen molar-refractivity contribution in [3.05, 3.63) is 62.5 Å². The van der Waals surface area contributed by atoms with E-state index in [0.29, 0.717) is 34.1 Å². The van der Waals surface area contributed by atoms with Crippen molar-refractivity contribution in [3.8, 4) is 11.3 Å². The standard InChI is InChI=1S/C21H20ClN5O4S2/c1-11-9-13(24-21(29)27-33(30,31)18-8-7-17(22)32-18)4-5-14(11)19-20(28)15-6-3-12(23-2)10-16(15)25-26-19/h3-6,8-10,17,23H,7H2,1-2H3,(H,25,28)(H2,24,27,29). The largest absolute Gasteiger partial charge is 0.388 e. The summed E-state index contributed by atoms with van der Waals surface area (Å²) >= 11 is 6.88. The highest BCUT2D eigenvalue weighted by atomic mass is 35.5. The number of benzene rings is 2. The van der Waals surface area contributed by atoms with Gasteiger partial charge in [-0.1, -0.05) is 23.9 Å². The molecule has 0 bridgehead atoms. The van der Waals surface area contributed by atoms with Gasteiger partial charge in [-0.25, -0.2) is 17.9 Å². The smallest absolute Gasteiger partial charge is 0.333 e. The SMILES string of the molecule is CNc1ccc2c(=O)c(-c3ccc(NC(=O)NS(=O)(=O)C4=CCC(Cl)S4)cc3C)n[nH]c2c1. The van der Waals surface area contributed by atoms with Gasteiger partial charge in [0.05, 0.1) is 10.2 Å². The quantitative estimate of drug-likeness (QED) is 0.386. The normalized spacial score (nSPS) is 15.8. The number of H-pyrrole nitrogens is 1. The van der Waals surface area contributed by atoms with Gasteiger partial charge < -0.3 is 10.6 Å². The van der Waals surface area contributed by atoms with Crippen molar-refractivity contribution in [2.45, 2.75) is 18.1 Å². The van der Waals surface area contributed by atoms with Crippen molar-refractivity contribution >= 4 is 61.7 Å². The molecular weight excluding hydrogens is 486 g/mol. The third-order valence-corrected chi connectivity index (χ3v) is 8.39. The van der Waals surface area contributed by atoms with E-state index in [0.717, 1.165) is 17.4 Å². The number of anilines is 2. The lowest BCUT2D eigenvalue weighted by Gasteiger charge is -2.11. The van der Waals surface area contributed by atoms with Crippen LogP contribution in [-0.4, -0.2) is 36.4 Å². The molecule has 2 amide bonds. The summed E-state index contributed by atoms with van der Waals surface area (Å²) in [5, 5.41) is 13.2. The highest BCUT2D eigenvalue weighted by Gasteiger charge is 2.27. The number of fused-ring (bicyclic) bond motifs is 1. The third-order valence-electron chi connectivity index (χ3n) is 5.00. The Bertz CT molecular complexity index is 1450. The maximum Gasteiger partial charge on any atom is 0.333 e. The molecule has 9 nitrogen and oxygen atoms in total. The number of urea groups is 1. The van der Waals surface area contributed by atoms with Crippen LogP contribution >= 0.6 is 23.4 Å². The van der Waals surface area contributed by atoms with Crippen LogP contribution in [0.4, 0.5) is 16.2 Å². The van der Waals surface area contributed by atoms with Gasteiger partial charge in [-0.2, -0.15) is 5.10 Å². The van der Waals surface area contributed by atoms with Crippen LogP contribution in [0.2, 0.25) is 0 Å². The number of nitrogens with zero attached hydrogens (tertiary/aromatic N) is 1. The first kappa shape index (κ1) is 23.1. The maximum atomic E-state index is 13.0. The molecule has 2 aromatic carbocycles. The maximum absolute atomic E-state index is 13.0. The summed E-state index contributed by atoms with van der Waals surface area (Å²) in [6.07, 6.45) is 1.88. The molecule has 0 spiro atoms. The van der Waals surface area contributed by atoms with Gasteiger partial charge in [0.1, 0.15) is 9.93 Å². The molecule has 172 valence electrons. The minimum atomic E-state index is -3.99. The fourth-order valence-corrected chi connectivity index (χ4v) is 6.25. The number of nitrogens with one attached hydrogen (secondary N) is 4. The molecule has 1 aromatic heterocycles. The van der Waals surface area contributed by atoms with Crippen molar-refractivity contribution in [1.82, 2.24) is 14.9 Å². The molecule has 33 heavy (non-hydrogen) atoms. The Morgan fingerprint density at radius 3 is 2.64 bits per heavy atom. The first-order valence-electron chi connectivity index (χ1n) is 9.84. The number of aromatic nitrogens is 2. The van der Waals surface area contributed by atoms with Crippen molar-refractivity contribution in [3.63, 3.8) is 0 Å². The van der Waals surface area contributed by atoms with E-state index in [1.807, 2.05) is 4.72 Å². The van der Waals surface area contributed by atoms with Gasteiger partial charge in [0.25, 0.3) is 10.0 Å². The van der Waals surface area contributed by atoms with Gasteiger partial charge in [0, 0.05) is 29.4 Å². The fourth-order valence-electron chi connectivity index (χ4n) is 3.39. The Morgan fingerprint density at radius 1 is 1.21 bits per heavy atom. The first-order valence-corrected chi connectivity index (χ1v) is 12.6. The molecule has 1 atom stereocenters. The van der Waals surface area contributed by atoms with E-state index in [4.69, 9.17) is 11.6 Å². The zero-order valence-electron chi connectivity index (χ0n) is 17.6. The van der Waals surface area contributed by atoms with Crippen molar-refractivity contribution in [2.24, 2.45) is 0 Å².